The zero-order chi connectivity index (χ0) is 16.9. The number of hydrogen-bond acceptors (Lipinski definition) is 3. The number of rotatable bonds is 1. The Labute approximate surface area is 137 Å². The highest BCUT2D eigenvalue weighted by atomic mass is 15.3. The molecule has 0 saturated carbocycles. The molecule has 1 aromatic carbocycles. The maximum atomic E-state index is 6.13. The summed E-state index contributed by atoms with van der Waals surface area (Å²) in [7, 11) is 0. The first-order chi connectivity index (χ1) is 10.7. The van der Waals surface area contributed by atoms with E-state index < -0.39 is 0 Å². The van der Waals surface area contributed by atoms with Crippen molar-refractivity contribution in [3.63, 3.8) is 0 Å². The molecule has 2 heterocycles. The highest BCUT2D eigenvalue weighted by Crippen LogP contribution is 2.29. The van der Waals surface area contributed by atoms with E-state index >= 15 is 0 Å². The van der Waals surface area contributed by atoms with E-state index in [0.29, 0.717) is 5.82 Å². The molecule has 0 atom stereocenters. The van der Waals surface area contributed by atoms with Gasteiger partial charge in [0.15, 0.2) is 11.5 Å². The van der Waals surface area contributed by atoms with E-state index in [1.807, 2.05) is 16.8 Å². The quantitative estimate of drug-likeness (QED) is 0.732. The van der Waals surface area contributed by atoms with Crippen LogP contribution in [0.3, 0.4) is 0 Å². The number of pyridine rings is 1. The van der Waals surface area contributed by atoms with Crippen molar-refractivity contribution >= 4 is 16.9 Å². The zero-order valence-electron chi connectivity index (χ0n) is 14.7. The number of aryl methyl sites for hydroxylation is 3. The van der Waals surface area contributed by atoms with Crippen molar-refractivity contribution in [3.8, 4) is 5.69 Å². The average molecular weight is 308 g/mol. The van der Waals surface area contributed by atoms with Crippen LogP contribution in [0.5, 0.6) is 0 Å². The van der Waals surface area contributed by atoms with Crippen molar-refractivity contribution in [1.29, 1.82) is 0 Å². The summed E-state index contributed by atoms with van der Waals surface area (Å²) in [4.78, 5) is 4.87. The van der Waals surface area contributed by atoms with Gasteiger partial charge in [-0.05, 0) is 44.0 Å². The Morgan fingerprint density at radius 1 is 1.00 bits per heavy atom. The highest BCUT2D eigenvalue weighted by Gasteiger charge is 2.20. The van der Waals surface area contributed by atoms with Gasteiger partial charge in [-0.15, -0.1) is 5.10 Å². The molecule has 3 rings (SSSR count). The van der Waals surface area contributed by atoms with E-state index in [1.165, 1.54) is 16.7 Å². The Morgan fingerprint density at radius 2 is 1.61 bits per heavy atom. The summed E-state index contributed by atoms with van der Waals surface area (Å²) >= 11 is 0. The van der Waals surface area contributed by atoms with Crippen molar-refractivity contribution in [2.24, 2.45) is 0 Å². The van der Waals surface area contributed by atoms with Gasteiger partial charge < -0.3 is 5.73 Å². The van der Waals surface area contributed by atoms with Gasteiger partial charge in [0.2, 0.25) is 0 Å². The van der Waals surface area contributed by atoms with E-state index in [2.05, 4.69) is 58.8 Å². The molecule has 0 saturated heterocycles. The molecule has 0 unspecified atom stereocenters. The van der Waals surface area contributed by atoms with Crippen LogP contribution >= 0.6 is 0 Å². The molecule has 120 valence electrons. The number of nitrogens with zero attached hydrogens (tertiary/aromatic N) is 3. The van der Waals surface area contributed by atoms with E-state index in [4.69, 9.17) is 10.7 Å². The topological polar surface area (TPSA) is 56.7 Å². The van der Waals surface area contributed by atoms with Crippen molar-refractivity contribution in [1.82, 2.24) is 14.8 Å². The number of nitrogen functional groups attached to an aromatic ring is 1. The number of aromatic nitrogens is 3. The zero-order valence-corrected chi connectivity index (χ0v) is 14.7. The minimum atomic E-state index is -0.0184. The SMILES string of the molecule is Cc1cc(C)c(-n2nc(N)c3ccc(C(C)(C)C)nc32)c(C)c1. The van der Waals surface area contributed by atoms with Crippen LogP contribution in [0.1, 0.15) is 43.2 Å². The fraction of sp³-hybridized carbons (Fsp3) is 0.368. The van der Waals surface area contributed by atoms with Crippen LogP contribution in [0.4, 0.5) is 5.82 Å². The van der Waals surface area contributed by atoms with E-state index in [0.717, 1.165) is 22.4 Å². The second-order valence-electron chi connectivity index (χ2n) is 7.36. The van der Waals surface area contributed by atoms with Gasteiger partial charge in [0.25, 0.3) is 0 Å². The number of fused-ring (bicyclic) bond motifs is 1. The Bertz CT molecular complexity index is 875. The summed E-state index contributed by atoms with van der Waals surface area (Å²) in [5.41, 5.74) is 12.6. The molecular weight excluding hydrogens is 284 g/mol. The molecule has 0 radical (unpaired) electrons. The van der Waals surface area contributed by atoms with Crippen LogP contribution in [0, 0.1) is 20.8 Å². The molecule has 23 heavy (non-hydrogen) atoms. The van der Waals surface area contributed by atoms with Crippen LogP contribution in [0.15, 0.2) is 24.3 Å². The first kappa shape index (κ1) is 15.5. The Morgan fingerprint density at radius 3 is 2.17 bits per heavy atom. The number of benzene rings is 1. The average Bonchev–Trinajstić information content (AvgIpc) is 2.74. The van der Waals surface area contributed by atoms with Crippen molar-refractivity contribution in [3.05, 3.63) is 46.6 Å². The number of nitrogens with two attached hydrogens (primary N) is 1. The van der Waals surface area contributed by atoms with Gasteiger partial charge in [-0.2, -0.15) is 0 Å². The van der Waals surface area contributed by atoms with Crippen LogP contribution < -0.4 is 5.73 Å². The van der Waals surface area contributed by atoms with Gasteiger partial charge in [-0.25, -0.2) is 9.67 Å². The van der Waals surface area contributed by atoms with Gasteiger partial charge in [-0.1, -0.05) is 38.5 Å². The summed E-state index contributed by atoms with van der Waals surface area (Å²) in [6.45, 7) is 12.8. The van der Waals surface area contributed by atoms with Crippen molar-refractivity contribution in [2.45, 2.75) is 47.0 Å². The summed E-state index contributed by atoms with van der Waals surface area (Å²) in [6.07, 6.45) is 0. The van der Waals surface area contributed by atoms with E-state index in [1.54, 1.807) is 0 Å². The molecular formula is C19H24N4. The van der Waals surface area contributed by atoms with Crippen LogP contribution in [0.2, 0.25) is 0 Å². The van der Waals surface area contributed by atoms with Gasteiger partial charge in [0, 0.05) is 11.1 Å². The monoisotopic (exact) mass is 308 g/mol. The van der Waals surface area contributed by atoms with E-state index in [9.17, 15) is 0 Å². The van der Waals surface area contributed by atoms with Crippen LogP contribution in [-0.4, -0.2) is 14.8 Å². The van der Waals surface area contributed by atoms with Crippen LogP contribution in [0.25, 0.3) is 16.7 Å². The van der Waals surface area contributed by atoms with Crippen molar-refractivity contribution in [2.75, 3.05) is 5.73 Å². The summed E-state index contributed by atoms with van der Waals surface area (Å²) in [6, 6.07) is 8.40. The molecule has 0 fully saturated rings. The summed E-state index contributed by atoms with van der Waals surface area (Å²) in [5, 5.41) is 5.47. The number of anilines is 1. The molecule has 2 N–H and O–H groups in total. The molecule has 0 aliphatic heterocycles. The fourth-order valence-electron chi connectivity index (χ4n) is 3.10. The summed E-state index contributed by atoms with van der Waals surface area (Å²) in [5.74, 6) is 0.521. The first-order valence-electron chi connectivity index (χ1n) is 7.92. The molecule has 0 spiro atoms. The standard InChI is InChI=1S/C19H24N4/c1-11-9-12(2)16(13(3)10-11)23-18-14(17(20)22-23)7-8-15(21-18)19(4,5)6/h7-10H,1-6H3,(H2,20,22). The first-order valence-corrected chi connectivity index (χ1v) is 7.92. The molecule has 2 aromatic heterocycles. The molecule has 0 aliphatic rings. The Hall–Kier alpha value is -2.36. The highest BCUT2D eigenvalue weighted by molar-refractivity contribution is 5.88. The second-order valence-corrected chi connectivity index (χ2v) is 7.36. The minimum Gasteiger partial charge on any atom is -0.382 e. The third-order valence-electron chi connectivity index (χ3n) is 4.18. The van der Waals surface area contributed by atoms with Gasteiger partial charge in [-0.3, -0.25) is 0 Å². The molecule has 4 nitrogen and oxygen atoms in total. The lowest BCUT2D eigenvalue weighted by molar-refractivity contribution is 0.570. The predicted octanol–water partition coefficient (Wildman–Crippen LogP) is 4.23. The van der Waals surface area contributed by atoms with Gasteiger partial charge in [0.1, 0.15) is 0 Å². The van der Waals surface area contributed by atoms with Crippen molar-refractivity contribution < 1.29 is 0 Å². The van der Waals surface area contributed by atoms with E-state index in [-0.39, 0.29) is 5.41 Å². The maximum Gasteiger partial charge on any atom is 0.165 e. The summed E-state index contributed by atoms with van der Waals surface area (Å²) < 4.78 is 1.89. The second kappa shape index (κ2) is 5.08. The largest absolute Gasteiger partial charge is 0.382 e. The van der Waals surface area contributed by atoms with Gasteiger partial charge in [0.05, 0.1) is 11.1 Å². The predicted molar refractivity (Wildman–Crippen MR) is 96.2 cm³/mol. The third kappa shape index (κ3) is 2.58. The molecule has 4 heteroatoms. The third-order valence-corrected chi connectivity index (χ3v) is 4.18. The smallest absolute Gasteiger partial charge is 0.165 e. The maximum absolute atomic E-state index is 6.13. The lowest BCUT2D eigenvalue weighted by atomic mass is 9.91. The van der Waals surface area contributed by atoms with Gasteiger partial charge >= 0.3 is 0 Å². The minimum absolute atomic E-state index is 0.0184. The Kier molecular flexibility index (Phi) is 3.43. The molecule has 0 amide bonds. The lowest BCUT2D eigenvalue weighted by Gasteiger charge is -2.18. The molecule has 0 bridgehead atoms. The van der Waals surface area contributed by atoms with Crippen LogP contribution in [-0.2, 0) is 5.41 Å². The molecule has 3 aromatic rings. The normalized spacial score (nSPS) is 12.1. The fourth-order valence-corrected chi connectivity index (χ4v) is 3.10. The lowest BCUT2D eigenvalue weighted by Crippen LogP contribution is -2.14. The molecule has 0 aliphatic carbocycles. The Balaban J connectivity index is 2.34. The number of hydrogen-bond donors (Lipinski definition) is 1.